The van der Waals surface area contributed by atoms with Crippen molar-refractivity contribution in [2.75, 3.05) is 0 Å². The molecule has 156 valence electrons. The number of rotatable bonds is 3. The third-order valence-electron chi connectivity index (χ3n) is 4.81. The lowest BCUT2D eigenvalue weighted by Gasteiger charge is -2.22. The monoisotopic (exact) mass is 414 g/mol. The van der Waals surface area contributed by atoms with Crippen LogP contribution >= 0.6 is 0 Å². The molecule has 0 saturated heterocycles. The first-order valence-electron chi connectivity index (χ1n) is 9.92. The minimum absolute atomic E-state index is 0.234. The molecule has 0 atom stereocenters. The maximum atomic E-state index is 13.4. The minimum Gasteiger partial charge on any atom is -0.443 e. The number of carbonyl (C=O) groups is 3. The Balaban J connectivity index is 1.85. The summed E-state index contributed by atoms with van der Waals surface area (Å²) < 4.78 is 5.23. The number of benzene rings is 3. The predicted molar refractivity (Wildman–Crippen MR) is 118 cm³/mol. The average molecular weight is 414 g/mol. The zero-order chi connectivity index (χ0) is 22.2. The number of hydrogen-bond donors (Lipinski definition) is 1. The van der Waals surface area contributed by atoms with Gasteiger partial charge in [0.1, 0.15) is 5.60 Å². The summed E-state index contributed by atoms with van der Waals surface area (Å²) in [6.07, 6.45) is -0.874. The van der Waals surface area contributed by atoms with Gasteiger partial charge in [-0.1, -0.05) is 72.8 Å². The average Bonchev–Trinajstić information content (AvgIpc) is 2.97. The lowest BCUT2D eigenvalue weighted by atomic mass is 9.93. The summed E-state index contributed by atoms with van der Waals surface area (Å²) in [5.41, 5.74) is 3.24. The van der Waals surface area contributed by atoms with E-state index in [0.717, 1.165) is 15.8 Å². The van der Waals surface area contributed by atoms with Crippen LogP contribution < -0.4 is 5.43 Å². The summed E-state index contributed by atoms with van der Waals surface area (Å²) in [6, 6.07) is 22.2. The number of nitrogens with zero attached hydrogens (tertiary/aromatic N) is 1. The van der Waals surface area contributed by atoms with Crippen LogP contribution in [0.4, 0.5) is 4.79 Å². The van der Waals surface area contributed by atoms with Crippen molar-refractivity contribution in [2.24, 2.45) is 0 Å². The second-order valence-corrected chi connectivity index (χ2v) is 8.20. The molecule has 0 fully saturated rings. The Morgan fingerprint density at radius 1 is 0.806 bits per heavy atom. The van der Waals surface area contributed by atoms with Crippen molar-refractivity contribution in [2.45, 2.75) is 26.4 Å². The van der Waals surface area contributed by atoms with Gasteiger partial charge in [-0.05, 0) is 42.7 Å². The van der Waals surface area contributed by atoms with E-state index in [9.17, 15) is 14.4 Å². The fourth-order valence-electron chi connectivity index (χ4n) is 3.59. The summed E-state index contributed by atoms with van der Waals surface area (Å²) in [7, 11) is 0. The molecule has 0 spiro atoms. The van der Waals surface area contributed by atoms with E-state index in [0.29, 0.717) is 11.1 Å². The summed E-state index contributed by atoms with van der Waals surface area (Å²) in [4.78, 5) is 39.0. The molecule has 6 heteroatoms. The van der Waals surface area contributed by atoms with Gasteiger partial charge in [0.05, 0.1) is 11.1 Å². The van der Waals surface area contributed by atoms with E-state index >= 15 is 0 Å². The van der Waals surface area contributed by atoms with Gasteiger partial charge < -0.3 is 4.74 Å². The smallest absolute Gasteiger partial charge is 0.427 e. The summed E-state index contributed by atoms with van der Waals surface area (Å²) >= 11 is 0. The number of hydrazine groups is 1. The Bertz CT molecular complexity index is 1220. The first-order chi connectivity index (χ1) is 14.8. The molecule has 0 aliphatic carbocycles. The largest absolute Gasteiger partial charge is 0.443 e. The Labute approximate surface area is 180 Å². The van der Waals surface area contributed by atoms with Gasteiger partial charge in [-0.3, -0.25) is 9.59 Å². The van der Waals surface area contributed by atoms with Crippen LogP contribution in [0.1, 0.15) is 31.9 Å². The molecule has 1 aliphatic heterocycles. The van der Waals surface area contributed by atoms with Gasteiger partial charge in [0.2, 0.25) is 0 Å². The first kappa shape index (κ1) is 20.3. The molecule has 1 heterocycles. The molecule has 4 rings (SSSR count). The number of imide groups is 1. The highest BCUT2D eigenvalue weighted by molar-refractivity contribution is 6.49. The summed E-state index contributed by atoms with van der Waals surface area (Å²) in [6.45, 7) is 5.11. The van der Waals surface area contributed by atoms with Crippen LogP contribution in [-0.2, 0) is 14.3 Å². The topological polar surface area (TPSA) is 75.7 Å². The van der Waals surface area contributed by atoms with E-state index in [1.807, 2.05) is 48.5 Å². The van der Waals surface area contributed by atoms with Crippen LogP contribution in [0.25, 0.3) is 21.9 Å². The van der Waals surface area contributed by atoms with E-state index in [1.165, 1.54) is 0 Å². The molecule has 6 nitrogen and oxygen atoms in total. The molecule has 0 saturated carbocycles. The number of amides is 3. The van der Waals surface area contributed by atoms with E-state index in [4.69, 9.17) is 4.74 Å². The molecule has 3 aromatic rings. The third-order valence-corrected chi connectivity index (χ3v) is 4.81. The molecule has 1 aliphatic rings. The highest BCUT2D eigenvalue weighted by Gasteiger charge is 2.41. The van der Waals surface area contributed by atoms with Crippen molar-refractivity contribution in [1.82, 2.24) is 10.4 Å². The number of nitrogens with one attached hydrogen (secondary N) is 1. The Kier molecular flexibility index (Phi) is 5.07. The van der Waals surface area contributed by atoms with Crippen molar-refractivity contribution in [1.29, 1.82) is 0 Å². The fourth-order valence-corrected chi connectivity index (χ4v) is 3.59. The van der Waals surface area contributed by atoms with Crippen LogP contribution in [0.3, 0.4) is 0 Å². The first-order valence-corrected chi connectivity index (χ1v) is 9.92. The van der Waals surface area contributed by atoms with Crippen molar-refractivity contribution in [3.63, 3.8) is 0 Å². The fraction of sp³-hybridized carbons (Fsp3) is 0.160. The van der Waals surface area contributed by atoms with E-state index in [2.05, 4.69) is 5.43 Å². The van der Waals surface area contributed by atoms with Crippen molar-refractivity contribution >= 4 is 39.8 Å². The zero-order valence-corrected chi connectivity index (χ0v) is 17.5. The quantitative estimate of drug-likeness (QED) is 0.638. The number of carbonyl (C=O) groups excluding carboxylic acids is 3. The molecule has 0 aromatic heterocycles. The highest BCUT2D eigenvalue weighted by Crippen LogP contribution is 2.37. The molecule has 0 bridgehead atoms. The number of fused-ring (bicyclic) bond motifs is 1. The van der Waals surface area contributed by atoms with E-state index in [-0.39, 0.29) is 11.1 Å². The third kappa shape index (κ3) is 3.92. The summed E-state index contributed by atoms with van der Waals surface area (Å²) in [5, 5.41) is 2.51. The van der Waals surface area contributed by atoms with Gasteiger partial charge in [-0.15, -0.1) is 0 Å². The van der Waals surface area contributed by atoms with Crippen LogP contribution in [0.15, 0.2) is 72.8 Å². The lowest BCUT2D eigenvalue weighted by Crippen LogP contribution is -2.48. The van der Waals surface area contributed by atoms with Crippen LogP contribution in [0, 0.1) is 0 Å². The van der Waals surface area contributed by atoms with Gasteiger partial charge >= 0.3 is 6.09 Å². The second-order valence-electron chi connectivity index (χ2n) is 8.20. The van der Waals surface area contributed by atoms with Crippen LogP contribution in [0.2, 0.25) is 0 Å². The maximum absolute atomic E-state index is 13.4. The van der Waals surface area contributed by atoms with Gasteiger partial charge in [-0.25, -0.2) is 10.2 Å². The molecule has 1 N–H and O–H groups in total. The molecule has 3 aromatic carbocycles. The van der Waals surface area contributed by atoms with Gasteiger partial charge in [0, 0.05) is 0 Å². The number of hydrogen-bond acceptors (Lipinski definition) is 4. The maximum Gasteiger partial charge on any atom is 0.427 e. The predicted octanol–water partition coefficient (Wildman–Crippen LogP) is 4.56. The highest BCUT2D eigenvalue weighted by atomic mass is 16.6. The Hall–Kier alpha value is -3.93. The SMILES string of the molecule is CC(C)(C)OC(=O)NN1C(=O)C(c2ccccc2)=C(c2cccc3ccccc23)C1=O. The second kappa shape index (κ2) is 7.72. The standard InChI is InChI=1S/C25H22N2O4/c1-25(2,3)31-24(30)26-27-22(28)20(17-11-5-4-6-12-17)21(23(27)29)19-15-9-13-16-10-7-8-14-18(16)19/h4-15H,1-3H3,(H,26,30). The molecule has 0 radical (unpaired) electrons. The Morgan fingerprint density at radius 3 is 2.13 bits per heavy atom. The van der Waals surface area contributed by atoms with Gasteiger partial charge in [0.15, 0.2) is 0 Å². The zero-order valence-electron chi connectivity index (χ0n) is 17.5. The molecular weight excluding hydrogens is 392 g/mol. The summed E-state index contributed by atoms with van der Waals surface area (Å²) in [5.74, 6) is -1.21. The van der Waals surface area contributed by atoms with Gasteiger partial charge in [-0.2, -0.15) is 5.01 Å². The van der Waals surface area contributed by atoms with Crippen molar-refractivity contribution < 1.29 is 19.1 Å². The van der Waals surface area contributed by atoms with Crippen molar-refractivity contribution in [3.8, 4) is 0 Å². The molecule has 31 heavy (non-hydrogen) atoms. The normalized spacial score (nSPS) is 14.4. The number of ether oxygens (including phenoxy) is 1. The minimum atomic E-state index is -0.874. The van der Waals surface area contributed by atoms with Gasteiger partial charge in [0.25, 0.3) is 11.8 Å². The molecular formula is C25H22N2O4. The lowest BCUT2D eigenvalue weighted by molar-refractivity contribution is -0.139. The van der Waals surface area contributed by atoms with E-state index in [1.54, 1.807) is 45.0 Å². The molecule has 0 unspecified atom stereocenters. The Morgan fingerprint density at radius 2 is 1.42 bits per heavy atom. The van der Waals surface area contributed by atoms with Crippen LogP contribution in [0.5, 0.6) is 0 Å². The van der Waals surface area contributed by atoms with Crippen LogP contribution in [-0.4, -0.2) is 28.5 Å². The van der Waals surface area contributed by atoms with E-state index < -0.39 is 23.5 Å². The van der Waals surface area contributed by atoms with Crippen molar-refractivity contribution in [3.05, 3.63) is 83.9 Å². The molecule has 3 amide bonds.